The normalized spacial score (nSPS) is 14.9. The van der Waals surface area contributed by atoms with Crippen LogP contribution in [0.15, 0.2) is 29.2 Å². The van der Waals surface area contributed by atoms with Crippen molar-refractivity contribution in [3.8, 4) is 6.07 Å². The Morgan fingerprint density at radius 2 is 1.81 bits per heavy atom. The zero-order valence-corrected chi connectivity index (χ0v) is 20.2. The van der Waals surface area contributed by atoms with Gasteiger partial charge in [-0.1, -0.05) is 20.3 Å². The Kier molecular flexibility index (Phi) is 10.6. The Morgan fingerprint density at radius 3 is 2.45 bits per heavy atom. The molecule has 7 nitrogen and oxygen atoms in total. The third-order valence-electron chi connectivity index (χ3n) is 4.50. The summed E-state index contributed by atoms with van der Waals surface area (Å²) in [6.07, 6.45) is 2.36. The van der Waals surface area contributed by atoms with Crippen LogP contribution in [0.25, 0.3) is 0 Å². The number of aromatic nitrogens is 2. The van der Waals surface area contributed by atoms with Crippen molar-refractivity contribution in [1.29, 1.82) is 5.26 Å². The van der Waals surface area contributed by atoms with Crippen molar-refractivity contribution in [3.05, 3.63) is 41.2 Å². The van der Waals surface area contributed by atoms with E-state index in [-0.39, 0.29) is 0 Å². The summed E-state index contributed by atoms with van der Waals surface area (Å²) in [7, 11) is 3.75. The molecule has 0 spiro atoms. The summed E-state index contributed by atoms with van der Waals surface area (Å²) < 4.78 is 2.39. The van der Waals surface area contributed by atoms with Crippen molar-refractivity contribution >= 4 is 23.6 Å². The number of hydrogen-bond donors (Lipinski definition) is 2. The predicted octanol–water partition coefficient (Wildman–Crippen LogP) is 3.71. The Labute approximate surface area is 191 Å². The second kappa shape index (κ2) is 13.2. The van der Waals surface area contributed by atoms with Crippen LogP contribution in [0.2, 0.25) is 0 Å². The van der Waals surface area contributed by atoms with E-state index in [1.807, 2.05) is 33.0 Å². The summed E-state index contributed by atoms with van der Waals surface area (Å²) >= 11 is 1.82. The van der Waals surface area contributed by atoms with Gasteiger partial charge >= 0.3 is 0 Å². The number of benzene rings is 1. The number of nitrogens with zero attached hydrogens (tertiary/aromatic N) is 5. The lowest BCUT2D eigenvalue weighted by molar-refractivity contribution is 0.426. The highest BCUT2D eigenvalue weighted by atomic mass is 32.2. The molecule has 1 fully saturated rings. The first-order valence-corrected chi connectivity index (χ1v) is 11.7. The third-order valence-corrected chi connectivity index (χ3v) is 5.59. The number of nitriles is 1. The zero-order valence-electron chi connectivity index (χ0n) is 19.4. The molecule has 0 radical (unpaired) electrons. The summed E-state index contributed by atoms with van der Waals surface area (Å²) in [5.41, 5.74) is 3.97. The molecule has 0 aliphatic carbocycles. The Morgan fingerprint density at radius 1 is 1.13 bits per heavy atom. The van der Waals surface area contributed by atoms with Gasteiger partial charge in [-0.05, 0) is 69.2 Å². The molecule has 1 aromatic carbocycles. The molecule has 2 aromatic rings. The highest BCUT2D eigenvalue weighted by Crippen LogP contribution is 2.30. The molecule has 1 saturated heterocycles. The fraction of sp³-hybridized carbons (Fsp3) is 0.522. The molecule has 31 heavy (non-hydrogen) atoms. The number of anilines is 2. The molecule has 1 aromatic heterocycles. The lowest BCUT2D eigenvalue weighted by Gasteiger charge is -2.34. The molecule has 0 saturated carbocycles. The Bertz CT molecular complexity index is 855. The van der Waals surface area contributed by atoms with Gasteiger partial charge in [0.2, 0.25) is 5.95 Å². The zero-order chi connectivity index (χ0) is 22.6. The maximum atomic E-state index is 9.08. The minimum absolute atomic E-state index is 0.436. The molecule has 0 amide bonds. The smallest absolute Gasteiger partial charge is 0.226 e. The van der Waals surface area contributed by atoms with Gasteiger partial charge in [0.25, 0.3) is 0 Å². The number of fused-ring (bicyclic) bond motifs is 1. The maximum absolute atomic E-state index is 9.08. The van der Waals surface area contributed by atoms with Crippen molar-refractivity contribution in [2.45, 2.75) is 38.5 Å². The minimum Gasteiger partial charge on any atom is -0.384 e. The standard InChI is InChI=1S/C18H20N6S.C3H8.C2H7N/c1-13-10-15(12-19)22-18(21-13)23-6-8-24(9-7-23)25-16-2-3-17-14(11-16)4-5-20-17;2*1-3-2/h2-3,10-11,20H,4-9H2,1H3;3H2,1-2H3;3H,1-2H3. The van der Waals surface area contributed by atoms with E-state index in [1.54, 1.807) is 6.07 Å². The van der Waals surface area contributed by atoms with Crippen molar-refractivity contribution < 1.29 is 0 Å². The van der Waals surface area contributed by atoms with Gasteiger partial charge in [0, 0.05) is 49.0 Å². The van der Waals surface area contributed by atoms with Gasteiger partial charge in [-0.15, -0.1) is 0 Å². The number of nitrogens with one attached hydrogen (secondary N) is 2. The molecule has 2 N–H and O–H groups in total. The molecule has 0 bridgehead atoms. The molecule has 2 aliphatic rings. The monoisotopic (exact) mass is 441 g/mol. The van der Waals surface area contributed by atoms with Gasteiger partial charge in [-0.2, -0.15) is 5.26 Å². The van der Waals surface area contributed by atoms with Crippen molar-refractivity contribution in [2.24, 2.45) is 0 Å². The van der Waals surface area contributed by atoms with E-state index in [1.165, 1.54) is 22.6 Å². The quantitative estimate of drug-likeness (QED) is 0.698. The summed E-state index contributed by atoms with van der Waals surface area (Å²) in [5.74, 6) is 0.671. The average molecular weight is 442 g/mol. The molecular formula is C23H35N7S. The first kappa shape index (κ1) is 24.9. The lowest BCUT2D eigenvalue weighted by Crippen LogP contribution is -2.44. The fourth-order valence-electron chi connectivity index (χ4n) is 3.22. The largest absolute Gasteiger partial charge is 0.384 e. The van der Waals surface area contributed by atoms with Crippen LogP contribution in [-0.2, 0) is 6.42 Å². The van der Waals surface area contributed by atoms with Crippen LogP contribution in [0.5, 0.6) is 0 Å². The van der Waals surface area contributed by atoms with E-state index in [2.05, 4.69) is 67.9 Å². The van der Waals surface area contributed by atoms with Gasteiger partial charge in [0.1, 0.15) is 11.8 Å². The van der Waals surface area contributed by atoms with Gasteiger partial charge in [0.15, 0.2) is 0 Å². The van der Waals surface area contributed by atoms with Crippen LogP contribution in [0.3, 0.4) is 0 Å². The van der Waals surface area contributed by atoms with Gasteiger partial charge < -0.3 is 15.5 Å². The minimum atomic E-state index is 0.436. The number of piperazine rings is 1. The topological polar surface area (TPSA) is 80.1 Å². The predicted molar refractivity (Wildman–Crippen MR) is 131 cm³/mol. The van der Waals surface area contributed by atoms with E-state index in [4.69, 9.17) is 5.26 Å². The second-order valence-electron chi connectivity index (χ2n) is 7.52. The second-order valence-corrected chi connectivity index (χ2v) is 8.69. The van der Waals surface area contributed by atoms with Crippen molar-refractivity contribution in [1.82, 2.24) is 19.6 Å². The van der Waals surface area contributed by atoms with E-state index >= 15 is 0 Å². The van der Waals surface area contributed by atoms with E-state index in [0.29, 0.717) is 11.6 Å². The number of rotatable bonds is 3. The molecule has 3 heterocycles. The molecule has 8 heteroatoms. The van der Waals surface area contributed by atoms with Crippen molar-refractivity contribution in [3.63, 3.8) is 0 Å². The highest BCUT2D eigenvalue weighted by molar-refractivity contribution is 7.97. The summed E-state index contributed by atoms with van der Waals surface area (Å²) in [6.45, 7) is 10.8. The first-order valence-electron chi connectivity index (χ1n) is 10.9. The number of hydrogen-bond acceptors (Lipinski definition) is 8. The average Bonchev–Trinajstić information content (AvgIpc) is 3.23. The van der Waals surface area contributed by atoms with E-state index in [0.717, 1.165) is 44.8 Å². The maximum Gasteiger partial charge on any atom is 0.226 e. The molecule has 2 aliphatic heterocycles. The van der Waals surface area contributed by atoms with E-state index in [9.17, 15) is 0 Å². The number of aryl methyl sites for hydroxylation is 1. The van der Waals surface area contributed by atoms with Crippen LogP contribution in [0.4, 0.5) is 11.6 Å². The Balaban J connectivity index is 0.000000513. The molecule has 4 rings (SSSR count). The van der Waals surface area contributed by atoms with Gasteiger partial charge in [-0.25, -0.2) is 14.3 Å². The fourth-order valence-corrected chi connectivity index (χ4v) is 4.19. The third kappa shape index (κ3) is 7.69. The van der Waals surface area contributed by atoms with Gasteiger partial charge in [-0.3, -0.25) is 0 Å². The van der Waals surface area contributed by atoms with Gasteiger partial charge in [0.05, 0.1) is 0 Å². The van der Waals surface area contributed by atoms with Crippen LogP contribution in [0, 0.1) is 18.3 Å². The Hall–Kier alpha value is -2.34. The van der Waals surface area contributed by atoms with Crippen LogP contribution in [0.1, 0.15) is 37.2 Å². The lowest BCUT2D eigenvalue weighted by atomic mass is 10.2. The summed E-state index contributed by atoms with van der Waals surface area (Å²) in [6, 6.07) is 10.5. The molecule has 0 atom stereocenters. The SMILES string of the molecule is CCC.CNC.Cc1cc(C#N)nc(N2CCN(Sc3ccc4c(c3)CCN4)CC2)n1. The van der Waals surface area contributed by atoms with E-state index < -0.39 is 0 Å². The van der Waals surface area contributed by atoms with Crippen LogP contribution < -0.4 is 15.5 Å². The molecular weight excluding hydrogens is 406 g/mol. The summed E-state index contributed by atoms with van der Waals surface area (Å²) in [4.78, 5) is 12.3. The highest BCUT2D eigenvalue weighted by Gasteiger charge is 2.21. The molecule has 168 valence electrons. The summed E-state index contributed by atoms with van der Waals surface area (Å²) in [5, 5.41) is 15.2. The van der Waals surface area contributed by atoms with Crippen LogP contribution >= 0.6 is 11.9 Å². The molecule has 0 unspecified atom stereocenters. The first-order chi connectivity index (χ1) is 15.0. The van der Waals surface area contributed by atoms with Crippen molar-refractivity contribution in [2.75, 3.05) is 57.0 Å². The van der Waals surface area contributed by atoms with Crippen LogP contribution in [-0.4, -0.2) is 61.1 Å².